The Morgan fingerprint density at radius 2 is 1.88 bits per heavy atom. The summed E-state index contributed by atoms with van der Waals surface area (Å²) >= 11 is 0. The molecule has 0 aromatic rings. The third kappa shape index (κ3) is 5.68. The second-order valence-electron chi connectivity index (χ2n) is 0.910. The van der Waals surface area contributed by atoms with Gasteiger partial charge in [0, 0.05) is 0 Å². The molecule has 0 bridgehead atoms. The number of ether oxygens (including phenoxy) is 1. The molecular formula is C3H3F4O. The van der Waals surface area contributed by atoms with Crippen LogP contribution >= 0.6 is 0 Å². The van der Waals surface area contributed by atoms with Crippen LogP contribution in [0, 0.1) is 6.43 Å². The standard InChI is InChI=1S/C3H3F4O/c4-2(5)1-8-3(6)7/h3H,1H2. The Bertz CT molecular complexity index is 47.2. The van der Waals surface area contributed by atoms with E-state index in [4.69, 9.17) is 0 Å². The molecule has 0 fully saturated rings. The highest BCUT2D eigenvalue weighted by molar-refractivity contribution is 4.54. The first-order valence-corrected chi connectivity index (χ1v) is 1.69. The van der Waals surface area contributed by atoms with Crippen molar-refractivity contribution in [3.05, 3.63) is 6.43 Å². The highest BCUT2D eigenvalue weighted by Crippen LogP contribution is 2.05. The molecule has 0 N–H and O–H groups in total. The molecule has 0 rings (SSSR count). The fourth-order valence-electron chi connectivity index (χ4n) is 0.126. The fourth-order valence-corrected chi connectivity index (χ4v) is 0.126. The van der Waals surface area contributed by atoms with Gasteiger partial charge in [0.2, 0.25) is 0 Å². The molecule has 0 aromatic heterocycles. The van der Waals surface area contributed by atoms with Gasteiger partial charge in [-0.15, -0.1) is 0 Å². The van der Waals surface area contributed by atoms with Crippen molar-refractivity contribution in [2.75, 3.05) is 6.61 Å². The van der Waals surface area contributed by atoms with Crippen molar-refractivity contribution in [1.82, 2.24) is 0 Å². The maximum absolute atomic E-state index is 10.9. The van der Waals surface area contributed by atoms with Crippen LogP contribution < -0.4 is 0 Å². The molecule has 0 heterocycles. The predicted octanol–water partition coefficient (Wildman–Crippen LogP) is 1.65. The lowest BCUT2D eigenvalue weighted by Crippen LogP contribution is -2.02. The van der Waals surface area contributed by atoms with Gasteiger partial charge in [-0.2, -0.15) is 17.6 Å². The van der Waals surface area contributed by atoms with E-state index in [1.807, 2.05) is 0 Å². The van der Waals surface area contributed by atoms with E-state index < -0.39 is 19.6 Å². The van der Waals surface area contributed by atoms with Crippen molar-refractivity contribution in [3.63, 3.8) is 0 Å². The van der Waals surface area contributed by atoms with Crippen molar-refractivity contribution >= 4 is 0 Å². The maximum Gasteiger partial charge on any atom is 0.345 e. The first kappa shape index (κ1) is 7.68. The SMILES string of the molecule is F[C](F)COC(F)F. The minimum Gasteiger partial charge on any atom is -0.316 e. The molecule has 0 aliphatic rings. The highest BCUT2D eigenvalue weighted by Gasteiger charge is 2.09. The molecule has 0 amide bonds. The Labute approximate surface area is 43.2 Å². The molecule has 0 aromatic carbocycles. The smallest absolute Gasteiger partial charge is 0.316 e. The quantitative estimate of drug-likeness (QED) is 0.529. The van der Waals surface area contributed by atoms with Gasteiger partial charge < -0.3 is 4.74 Å². The van der Waals surface area contributed by atoms with Crippen molar-refractivity contribution in [3.8, 4) is 0 Å². The summed E-state index contributed by atoms with van der Waals surface area (Å²) in [5.41, 5.74) is 0. The van der Waals surface area contributed by atoms with Crippen LogP contribution in [0.2, 0.25) is 0 Å². The van der Waals surface area contributed by atoms with Crippen LogP contribution in [0.5, 0.6) is 0 Å². The Kier molecular flexibility index (Phi) is 3.51. The van der Waals surface area contributed by atoms with E-state index in [1.54, 1.807) is 0 Å². The number of hydrogen-bond acceptors (Lipinski definition) is 1. The first-order valence-electron chi connectivity index (χ1n) is 1.69. The first-order chi connectivity index (χ1) is 3.63. The molecule has 49 valence electrons. The third-order valence-electron chi connectivity index (χ3n) is 0.318. The number of halogens is 4. The van der Waals surface area contributed by atoms with Crippen LogP contribution in [0.1, 0.15) is 0 Å². The minimum absolute atomic E-state index is 1.28. The molecule has 8 heavy (non-hydrogen) atoms. The van der Waals surface area contributed by atoms with Gasteiger partial charge in [-0.25, -0.2) is 0 Å². The molecule has 0 unspecified atom stereocenters. The van der Waals surface area contributed by atoms with Crippen LogP contribution in [-0.2, 0) is 4.74 Å². The van der Waals surface area contributed by atoms with E-state index in [2.05, 4.69) is 4.74 Å². The van der Waals surface area contributed by atoms with Gasteiger partial charge in [0.1, 0.15) is 6.61 Å². The molecule has 1 radical (unpaired) electrons. The summed E-state index contributed by atoms with van der Waals surface area (Å²) in [4.78, 5) is 0. The van der Waals surface area contributed by atoms with Crippen LogP contribution in [0.25, 0.3) is 0 Å². The topological polar surface area (TPSA) is 9.23 Å². The lowest BCUT2D eigenvalue weighted by Gasteiger charge is -1.96. The van der Waals surface area contributed by atoms with E-state index in [-0.39, 0.29) is 0 Å². The maximum atomic E-state index is 10.9. The molecular weight excluding hydrogens is 128 g/mol. The van der Waals surface area contributed by atoms with Crippen molar-refractivity contribution < 1.29 is 22.3 Å². The van der Waals surface area contributed by atoms with E-state index >= 15 is 0 Å². The lowest BCUT2D eigenvalue weighted by molar-refractivity contribution is -0.136. The van der Waals surface area contributed by atoms with E-state index in [1.165, 1.54) is 0 Å². The Hall–Kier alpha value is -0.320. The summed E-state index contributed by atoms with van der Waals surface area (Å²) in [6.07, 6.45) is -2.15. The zero-order valence-corrected chi connectivity index (χ0v) is 3.70. The van der Waals surface area contributed by atoms with Crippen LogP contribution in [0.3, 0.4) is 0 Å². The summed E-state index contributed by atoms with van der Waals surface area (Å²) in [5.74, 6) is 0. The van der Waals surface area contributed by atoms with Crippen LogP contribution in [0.15, 0.2) is 0 Å². The van der Waals surface area contributed by atoms with Crippen molar-refractivity contribution in [2.45, 2.75) is 6.61 Å². The Morgan fingerprint density at radius 3 is 2.00 bits per heavy atom. The second-order valence-corrected chi connectivity index (χ2v) is 0.910. The van der Waals surface area contributed by atoms with E-state index in [9.17, 15) is 17.6 Å². The van der Waals surface area contributed by atoms with Gasteiger partial charge in [0.15, 0.2) is 0 Å². The number of alkyl halides is 2. The van der Waals surface area contributed by atoms with Crippen LogP contribution in [-0.4, -0.2) is 13.2 Å². The summed E-state index contributed by atoms with van der Waals surface area (Å²) in [5, 5.41) is 0. The molecule has 0 saturated carbocycles. The summed E-state index contributed by atoms with van der Waals surface area (Å²) in [7, 11) is 0. The largest absolute Gasteiger partial charge is 0.345 e. The average Bonchev–Trinajstić information content (AvgIpc) is 1.61. The molecule has 0 atom stereocenters. The predicted molar refractivity (Wildman–Crippen MR) is 17.4 cm³/mol. The Morgan fingerprint density at radius 1 is 1.38 bits per heavy atom. The van der Waals surface area contributed by atoms with Crippen molar-refractivity contribution in [2.24, 2.45) is 0 Å². The second kappa shape index (κ2) is 3.65. The minimum atomic E-state index is -3.11. The van der Waals surface area contributed by atoms with E-state index in [0.29, 0.717) is 0 Å². The summed E-state index contributed by atoms with van der Waals surface area (Å²) in [6.45, 7) is -4.39. The fraction of sp³-hybridized carbons (Fsp3) is 0.667. The van der Waals surface area contributed by atoms with Crippen molar-refractivity contribution in [1.29, 1.82) is 0 Å². The highest BCUT2D eigenvalue weighted by atomic mass is 19.3. The monoisotopic (exact) mass is 131 g/mol. The van der Waals surface area contributed by atoms with Gasteiger partial charge in [0.05, 0.1) is 0 Å². The number of hydrogen-bond donors (Lipinski definition) is 0. The molecule has 0 saturated heterocycles. The zero-order valence-electron chi connectivity index (χ0n) is 3.70. The molecule has 0 aliphatic heterocycles. The van der Waals surface area contributed by atoms with Gasteiger partial charge in [0.25, 0.3) is 0 Å². The van der Waals surface area contributed by atoms with Gasteiger partial charge in [-0.05, 0) is 0 Å². The van der Waals surface area contributed by atoms with E-state index in [0.717, 1.165) is 0 Å². The lowest BCUT2D eigenvalue weighted by atomic mass is 10.8. The number of rotatable bonds is 3. The molecule has 5 heteroatoms. The third-order valence-corrected chi connectivity index (χ3v) is 0.318. The molecule has 0 aliphatic carbocycles. The van der Waals surface area contributed by atoms with Gasteiger partial charge >= 0.3 is 13.0 Å². The molecule has 0 spiro atoms. The summed E-state index contributed by atoms with van der Waals surface area (Å²) < 4.78 is 46.5. The molecule has 1 nitrogen and oxygen atoms in total. The zero-order chi connectivity index (χ0) is 6.57. The van der Waals surface area contributed by atoms with Gasteiger partial charge in [-0.3, -0.25) is 0 Å². The van der Waals surface area contributed by atoms with Crippen LogP contribution in [0.4, 0.5) is 17.6 Å². The average molecular weight is 131 g/mol. The normalized spacial score (nSPS) is 11.2. The van der Waals surface area contributed by atoms with Gasteiger partial charge in [-0.1, -0.05) is 0 Å². The Balaban J connectivity index is 2.93. The summed E-state index contributed by atoms with van der Waals surface area (Å²) in [6, 6.07) is 0.